The van der Waals surface area contributed by atoms with E-state index in [4.69, 9.17) is 0 Å². The maximum Gasteiger partial charge on any atom is 0.254 e. The number of imidazole rings is 1. The van der Waals surface area contributed by atoms with Gasteiger partial charge in [-0.05, 0) is 60.6 Å². The number of aryl methyl sites for hydroxylation is 1. The van der Waals surface area contributed by atoms with E-state index in [1.54, 1.807) is 21.7 Å². The number of hydrogen-bond acceptors (Lipinski definition) is 4. The maximum absolute atomic E-state index is 13.9. The Hall–Kier alpha value is -3.78. The molecule has 6 nitrogen and oxygen atoms in total. The summed E-state index contributed by atoms with van der Waals surface area (Å²) in [6.45, 7) is 2.88. The van der Waals surface area contributed by atoms with Gasteiger partial charge >= 0.3 is 0 Å². The molecule has 0 bridgehead atoms. The van der Waals surface area contributed by atoms with E-state index in [-0.39, 0.29) is 28.9 Å². The number of hydrogen-bond donors (Lipinski definition) is 0. The first-order chi connectivity index (χ1) is 18.3. The van der Waals surface area contributed by atoms with E-state index < -0.39 is 15.7 Å². The van der Waals surface area contributed by atoms with Gasteiger partial charge in [0.25, 0.3) is 5.91 Å². The molecule has 0 saturated heterocycles. The molecule has 1 saturated carbocycles. The Bertz CT molecular complexity index is 1550. The summed E-state index contributed by atoms with van der Waals surface area (Å²) in [5.41, 5.74) is 3.42. The highest BCUT2D eigenvalue weighted by Gasteiger charge is 2.30. The van der Waals surface area contributed by atoms with E-state index in [0.29, 0.717) is 24.7 Å². The molecular formula is C30H30FN3O3S. The van der Waals surface area contributed by atoms with E-state index in [2.05, 4.69) is 4.98 Å². The number of nitrogens with zero attached hydrogens (tertiary/aromatic N) is 3. The predicted octanol–water partition coefficient (Wildman–Crippen LogP) is 5.41. The molecule has 4 aromatic rings. The average molecular weight is 532 g/mol. The van der Waals surface area contributed by atoms with Gasteiger partial charge in [0.15, 0.2) is 0 Å². The van der Waals surface area contributed by atoms with Crippen molar-refractivity contribution in [3.63, 3.8) is 0 Å². The maximum atomic E-state index is 13.9. The first-order valence-electron chi connectivity index (χ1n) is 12.7. The lowest BCUT2D eigenvalue weighted by Gasteiger charge is -2.24. The molecular weight excluding hydrogens is 501 g/mol. The second kappa shape index (κ2) is 10.9. The van der Waals surface area contributed by atoms with Crippen molar-refractivity contribution in [3.05, 3.63) is 119 Å². The molecule has 0 aliphatic heterocycles. The minimum Gasteiger partial charge on any atom is -0.332 e. The fourth-order valence-electron chi connectivity index (χ4n) is 4.57. The van der Waals surface area contributed by atoms with Crippen LogP contribution in [0.15, 0.2) is 90.2 Å². The molecule has 8 heteroatoms. The summed E-state index contributed by atoms with van der Waals surface area (Å²) in [6, 6.07) is 22.7. The lowest BCUT2D eigenvalue weighted by atomic mass is 10.1. The van der Waals surface area contributed by atoms with Crippen LogP contribution in [0.3, 0.4) is 0 Å². The molecule has 3 aromatic carbocycles. The molecule has 0 radical (unpaired) electrons. The zero-order valence-corrected chi connectivity index (χ0v) is 22.1. The minimum atomic E-state index is -3.79. The van der Waals surface area contributed by atoms with Gasteiger partial charge in [0, 0.05) is 12.1 Å². The van der Waals surface area contributed by atoms with Crippen LogP contribution in [0.1, 0.15) is 45.6 Å². The number of carbonyl (C=O) groups is 1. The van der Waals surface area contributed by atoms with E-state index in [0.717, 1.165) is 29.5 Å². The standard InChI is InChI=1S/C30H30FN3O3S/c1-22-8-5-6-11-26(22)21-38(36,37)30-32-17-28(34(30)19-23-9-3-2-4-10-23)20-33(18-24-14-15-24)29(35)25-12-7-13-27(31)16-25/h2-13,16-17,24H,14-15,18-21H2,1H3. The molecule has 5 rings (SSSR count). The number of amides is 1. The zero-order chi connectivity index (χ0) is 26.7. The molecule has 0 spiro atoms. The number of sulfone groups is 1. The summed E-state index contributed by atoms with van der Waals surface area (Å²) in [5.74, 6) is -0.532. The minimum absolute atomic E-state index is 0.0239. The van der Waals surface area contributed by atoms with Crippen LogP contribution in [-0.2, 0) is 28.7 Å². The first-order valence-corrected chi connectivity index (χ1v) is 14.4. The summed E-state index contributed by atoms with van der Waals surface area (Å²) in [7, 11) is -3.79. The third-order valence-corrected chi connectivity index (χ3v) is 8.43. The second-order valence-corrected chi connectivity index (χ2v) is 11.8. The third kappa shape index (κ3) is 6.02. The first kappa shape index (κ1) is 25.9. The Morgan fingerprint density at radius 1 is 1.03 bits per heavy atom. The van der Waals surface area contributed by atoms with Crippen molar-refractivity contribution >= 4 is 15.7 Å². The Labute approximate surface area is 222 Å². The number of benzene rings is 3. The van der Waals surface area contributed by atoms with Gasteiger partial charge in [-0.15, -0.1) is 0 Å². The SMILES string of the molecule is Cc1ccccc1CS(=O)(=O)c1ncc(CN(CC2CC2)C(=O)c2cccc(F)c2)n1Cc1ccccc1. The fraction of sp³-hybridized carbons (Fsp3) is 0.267. The molecule has 0 unspecified atom stereocenters. The van der Waals surface area contributed by atoms with Crippen molar-refractivity contribution in [2.24, 2.45) is 5.92 Å². The van der Waals surface area contributed by atoms with Gasteiger partial charge in [0.05, 0.1) is 30.7 Å². The van der Waals surface area contributed by atoms with E-state index in [9.17, 15) is 17.6 Å². The highest BCUT2D eigenvalue weighted by Crippen LogP contribution is 2.31. The van der Waals surface area contributed by atoms with Gasteiger partial charge in [-0.1, -0.05) is 60.7 Å². The molecule has 1 fully saturated rings. The van der Waals surface area contributed by atoms with Gasteiger partial charge in [-0.2, -0.15) is 0 Å². The van der Waals surface area contributed by atoms with Crippen molar-refractivity contribution < 1.29 is 17.6 Å². The lowest BCUT2D eigenvalue weighted by molar-refractivity contribution is 0.0730. The highest BCUT2D eigenvalue weighted by molar-refractivity contribution is 7.90. The number of rotatable bonds is 10. The molecule has 38 heavy (non-hydrogen) atoms. The van der Waals surface area contributed by atoms with Crippen LogP contribution in [0.2, 0.25) is 0 Å². The Morgan fingerprint density at radius 2 is 1.76 bits per heavy atom. The number of carbonyl (C=O) groups excluding carboxylic acids is 1. The summed E-state index contributed by atoms with van der Waals surface area (Å²) in [4.78, 5) is 19.5. The van der Waals surface area contributed by atoms with Crippen LogP contribution >= 0.6 is 0 Å². The van der Waals surface area contributed by atoms with Crippen LogP contribution in [-0.4, -0.2) is 35.3 Å². The topological polar surface area (TPSA) is 72.3 Å². The molecule has 1 aromatic heterocycles. The molecule has 1 aliphatic rings. The van der Waals surface area contributed by atoms with Crippen molar-refractivity contribution in [2.75, 3.05) is 6.54 Å². The van der Waals surface area contributed by atoms with Gasteiger partial charge in [-0.25, -0.2) is 17.8 Å². The van der Waals surface area contributed by atoms with Crippen LogP contribution in [0.5, 0.6) is 0 Å². The van der Waals surface area contributed by atoms with Crippen LogP contribution in [0.4, 0.5) is 4.39 Å². The van der Waals surface area contributed by atoms with Crippen molar-refractivity contribution in [3.8, 4) is 0 Å². The number of aromatic nitrogens is 2. The largest absolute Gasteiger partial charge is 0.332 e. The smallest absolute Gasteiger partial charge is 0.254 e. The lowest BCUT2D eigenvalue weighted by Crippen LogP contribution is -2.33. The van der Waals surface area contributed by atoms with Crippen LogP contribution < -0.4 is 0 Å². The molecule has 1 aliphatic carbocycles. The summed E-state index contributed by atoms with van der Waals surface area (Å²) in [5, 5.41) is -0.0239. The van der Waals surface area contributed by atoms with Gasteiger partial charge < -0.3 is 9.47 Å². The highest BCUT2D eigenvalue weighted by atomic mass is 32.2. The van der Waals surface area contributed by atoms with Crippen molar-refractivity contribution in [2.45, 2.75) is 43.8 Å². The van der Waals surface area contributed by atoms with Crippen molar-refractivity contribution in [1.29, 1.82) is 0 Å². The average Bonchev–Trinajstić information content (AvgIpc) is 3.64. The van der Waals surface area contributed by atoms with E-state index in [1.807, 2.05) is 61.5 Å². The van der Waals surface area contributed by atoms with Gasteiger partial charge in [0.2, 0.25) is 15.0 Å². The predicted molar refractivity (Wildman–Crippen MR) is 144 cm³/mol. The van der Waals surface area contributed by atoms with Crippen LogP contribution in [0.25, 0.3) is 0 Å². The molecule has 196 valence electrons. The summed E-state index contributed by atoms with van der Waals surface area (Å²) < 4.78 is 42.9. The van der Waals surface area contributed by atoms with Crippen LogP contribution in [0, 0.1) is 18.7 Å². The summed E-state index contributed by atoms with van der Waals surface area (Å²) in [6.07, 6.45) is 3.62. The summed E-state index contributed by atoms with van der Waals surface area (Å²) >= 11 is 0. The van der Waals surface area contributed by atoms with Crippen molar-refractivity contribution in [1.82, 2.24) is 14.5 Å². The quantitative estimate of drug-likeness (QED) is 0.275. The van der Waals surface area contributed by atoms with E-state index in [1.165, 1.54) is 18.2 Å². The molecule has 1 heterocycles. The van der Waals surface area contributed by atoms with E-state index >= 15 is 0 Å². The zero-order valence-electron chi connectivity index (χ0n) is 21.3. The Morgan fingerprint density at radius 3 is 2.47 bits per heavy atom. The molecule has 0 N–H and O–H groups in total. The monoisotopic (exact) mass is 531 g/mol. The van der Waals surface area contributed by atoms with Gasteiger partial charge in [0.1, 0.15) is 5.82 Å². The normalized spacial score (nSPS) is 13.4. The Kier molecular flexibility index (Phi) is 7.42. The second-order valence-electron chi connectivity index (χ2n) is 9.93. The van der Waals surface area contributed by atoms with Gasteiger partial charge in [-0.3, -0.25) is 4.79 Å². The Balaban J connectivity index is 1.51. The molecule has 0 atom stereocenters. The third-order valence-electron chi connectivity index (χ3n) is 6.86. The molecule has 1 amide bonds. The fourth-order valence-corrected chi connectivity index (χ4v) is 6.17. The number of halogens is 1.